The van der Waals surface area contributed by atoms with Gasteiger partial charge in [0.25, 0.3) is 5.91 Å². The second kappa shape index (κ2) is 7.44. The molecule has 1 fully saturated rings. The number of fused-ring (bicyclic) bond motifs is 1. The Bertz CT molecular complexity index is 954. The summed E-state index contributed by atoms with van der Waals surface area (Å²) >= 11 is 0. The molecule has 0 radical (unpaired) electrons. The first kappa shape index (κ1) is 17.6. The van der Waals surface area contributed by atoms with Gasteiger partial charge >= 0.3 is 0 Å². The van der Waals surface area contributed by atoms with Crippen molar-refractivity contribution in [3.8, 4) is 0 Å². The lowest BCUT2D eigenvalue weighted by atomic mass is 10.1. The van der Waals surface area contributed by atoms with Crippen LogP contribution in [0.2, 0.25) is 0 Å². The Balaban J connectivity index is 1.45. The van der Waals surface area contributed by atoms with Crippen LogP contribution in [-0.4, -0.2) is 49.6 Å². The van der Waals surface area contributed by atoms with Crippen molar-refractivity contribution in [3.05, 3.63) is 59.3 Å². The SMILES string of the molecule is Cc1cc2nc(C(=O)N3CCCC(OCc4ccccn4)C3)cc(C)n2n1. The van der Waals surface area contributed by atoms with Gasteiger partial charge < -0.3 is 9.64 Å². The lowest BCUT2D eigenvalue weighted by molar-refractivity contribution is -0.00800. The molecule has 1 atom stereocenters. The first-order valence-corrected chi connectivity index (χ1v) is 9.25. The highest BCUT2D eigenvalue weighted by Gasteiger charge is 2.26. The zero-order valence-electron chi connectivity index (χ0n) is 15.6. The van der Waals surface area contributed by atoms with Gasteiger partial charge in [0.1, 0.15) is 5.69 Å². The van der Waals surface area contributed by atoms with Crippen molar-refractivity contribution in [2.45, 2.75) is 39.4 Å². The van der Waals surface area contributed by atoms with Gasteiger partial charge in [-0.25, -0.2) is 9.50 Å². The molecule has 0 aromatic carbocycles. The van der Waals surface area contributed by atoms with Gasteiger partial charge in [-0.1, -0.05) is 6.07 Å². The molecular weight excluding hydrogens is 342 g/mol. The van der Waals surface area contributed by atoms with Crippen molar-refractivity contribution in [1.29, 1.82) is 0 Å². The number of piperidine rings is 1. The fourth-order valence-corrected chi connectivity index (χ4v) is 3.46. The fraction of sp³-hybridized carbons (Fsp3) is 0.400. The third-order valence-electron chi connectivity index (χ3n) is 4.80. The summed E-state index contributed by atoms with van der Waals surface area (Å²) in [6, 6.07) is 9.48. The molecule has 0 saturated carbocycles. The third-order valence-corrected chi connectivity index (χ3v) is 4.80. The predicted molar refractivity (Wildman–Crippen MR) is 100 cm³/mol. The van der Waals surface area contributed by atoms with Crippen molar-refractivity contribution in [3.63, 3.8) is 0 Å². The molecule has 1 unspecified atom stereocenters. The zero-order valence-corrected chi connectivity index (χ0v) is 15.6. The number of ether oxygens (including phenoxy) is 1. The molecule has 1 aliphatic rings. The molecule has 4 rings (SSSR count). The summed E-state index contributed by atoms with van der Waals surface area (Å²) in [6.07, 6.45) is 3.65. The molecule has 1 saturated heterocycles. The van der Waals surface area contributed by atoms with Gasteiger partial charge in [-0.2, -0.15) is 5.10 Å². The Morgan fingerprint density at radius 1 is 1.30 bits per heavy atom. The van der Waals surface area contributed by atoms with Gasteiger partial charge in [0.05, 0.1) is 24.1 Å². The third kappa shape index (κ3) is 3.83. The average molecular weight is 365 g/mol. The summed E-state index contributed by atoms with van der Waals surface area (Å²) in [7, 11) is 0. The second-order valence-electron chi connectivity index (χ2n) is 6.99. The molecule has 27 heavy (non-hydrogen) atoms. The first-order chi connectivity index (χ1) is 13.1. The predicted octanol–water partition coefficient (Wildman–Crippen LogP) is 2.56. The smallest absolute Gasteiger partial charge is 0.272 e. The highest BCUT2D eigenvalue weighted by molar-refractivity contribution is 5.93. The first-order valence-electron chi connectivity index (χ1n) is 9.25. The summed E-state index contributed by atoms with van der Waals surface area (Å²) in [6.45, 7) is 5.63. The lowest BCUT2D eigenvalue weighted by Gasteiger charge is -2.32. The second-order valence-corrected chi connectivity index (χ2v) is 6.99. The number of carbonyl (C=O) groups excluding carboxylic acids is 1. The van der Waals surface area contributed by atoms with Crippen molar-refractivity contribution < 1.29 is 9.53 Å². The van der Waals surface area contributed by atoms with E-state index in [2.05, 4.69) is 15.1 Å². The molecule has 3 aromatic heterocycles. The summed E-state index contributed by atoms with van der Waals surface area (Å²) < 4.78 is 7.76. The molecule has 0 spiro atoms. The van der Waals surface area contributed by atoms with Crippen molar-refractivity contribution in [1.82, 2.24) is 24.5 Å². The van der Waals surface area contributed by atoms with Crippen molar-refractivity contribution in [2.75, 3.05) is 13.1 Å². The van der Waals surface area contributed by atoms with Gasteiger partial charge in [-0.3, -0.25) is 9.78 Å². The normalized spacial score (nSPS) is 17.4. The number of pyridine rings is 1. The summed E-state index contributed by atoms with van der Waals surface area (Å²) in [5, 5.41) is 4.39. The van der Waals surface area contributed by atoms with E-state index in [1.165, 1.54) is 0 Å². The van der Waals surface area contributed by atoms with Crippen LogP contribution in [0.4, 0.5) is 0 Å². The van der Waals surface area contributed by atoms with Crippen LogP contribution in [0, 0.1) is 13.8 Å². The lowest BCUT2D eigenvalue weighted by Crippen LogP contribution is -2.43. The van der Waals surface area contributed by atoms with E-state index in [9.17, 15) is 4.79 Å². The summed E-state index contributed by atoms with van der Waals surface area (Å²) in [4.78, 5) is 23.6. The van der Waals surface area contributed by atoms with Gasteiger partial charge in [0, 0.05) is 31.0 Å². The zero-order chi connectivity index (χ0) is 18.8. The molecule has 140 valence electrons. The number of aryl methyl sites for hydroxylation is 2. The molecule has 3 aromatic rings. The number of aromatic nitrogens is 4. The maximum atomic E-state index is 13.0. The molecule has 1 amide bonds. The Morgan fingerprint density at radius 2 is 2.19 bits per heavy atom. The number of hydrogen-bond donors (Lipinski definition) is 0. The number of likely N-dealkylation sites (tertiary alicyclic amines) is 1. The molecule has 7 nitrogen and oxygen atoms in total. The Kier molecular flexibility index (Phi) is 4.85. The fourth-order valence-electron chi connectivity index (χ4n) is 3.46. The number of carbonyl (C=O) groups is 1. The molecule has 7 heteroatoms. The number of amides is 1. The highest BCUT2D eigenvalue weighted by Crippen LogP contribution is 2.18. The largest absolute Gasteiger partial charge is 0.370 e. The van der Waals surface area contributed by atoms with E-state index in [1.807, 2.05) is 43.0 Å². The van der Waals surface area contributed by atoms with Crippen LogP contribution in [0.1, 0.15) is 40.4 Å². The van der Waals surface area contributed by atoms with E-state index >= 15 is 0 Å². The van der Waals surface area contributed by atoms with E-state index in [0.29, 0.717) is 24.5 Å². The van der Waals surface area contributed by atoms with E-state index in [1.54, 1.807) is 16.8 Å². The van der Waals surface area contributed by atoms with Gasteiger partial charge in [-0.15, -0.1) is 0 Å². The van der Waals surface area contributed by atoms with E-state index < -0.39 is 0 Å². The van der Waals surface area contributed by atoms with Crippen LogP contribution in [0.3, 0.4) is 0 Å². The van der Waals surface area contributed by atoms with E-state index in [4.69, 9.17) is 4.74 Å². The van der Waals surface area contributed by atoms with E-state index in [0.717, 1.165) is 36.5 Å². The molecule has 0 aliphatic carbocycles. The maximum Gasteiger partial charge on any atom is 0.272 e. The maximum absolute atomic E-state index is 13.0. The van der Waals surface area contributed by atoms with Crippen LogP contribution in [-0.2, 0) is 11.3 Å². The number of nitrogens with zero attached hydrogens (tertiary/aromatic N) is 5. The quantitative estimate of drug-likeness (QED) is 0.710. The number of hydrogen-bond acceptors (Lipinski definition) is 5. The highest BCUT2D eigenvalue weighted by atomic mass is 16.5. The van der Waals surface area contributed by atoms with Crippen molar-refractivity contribution >= 4 is 11.6 Å². The average Bonchev–Trinajstić information content (AvgIpc) is 3.08. The molecular formula is C20H23N5O2. The monoisotopic (exact) mass is 365 g/mol. The van der Waals surface area contributed by atoms with E-state index in [-0.39, 0.29) is 12.0 Å². The number of rotatable bonds is 4. The minimum atomic E-state index is -0.0504. The Morgan fingerprint density at radius 3 is 3.00 bits per heavy atom. The van der Waals surface area contributed by atoms with Crippen LogP contribution in [0.15, 0.2) is 36.5 Å². The Hall–Kier alpha value is -2.80. The molecule has 0 N–H and O–H groups in total. The molecule has 1 aliphatic heterocycles. The summed E-state index contributed by atoms with van der Waals surface area (Å²) in [5.74, 6) is -0.0504. The topological polar surface area (TPSA) is 72.6 Å². The minimum absolute atomic E-state index is 0.0201. The summed E-state index contributed by atoms with van der Waals surface area (Å²) in [5.41, 5.74) is 3.86. The molecule has 0 bridgehead atoms. The Labute approximate surface area is 158 Å². The van der Waals surface area contributed by atoms with Crippen LogP contribution in [0.5, 0.6) is 0 Å². The van der Waals surface area contributed by atoms with Crippen LogP contribution >= 0.6 is 0 Å². The van der Waals surface area contributed by atoms with Crippen LogP contribution < -0.4 is 0 Å². The van der Waals surface area contributed by atoms with Gasteiger partial charge in [-0.05, 0) is 44.9 Å². The van der Waals surface area contributed by atoms with Gasteiger partial charge in [0.15, 0.2) is 5.65 Å². The molecule has 4 heterocycles. The van der Waals surface area contributed by atoms with Crippen molar-refractivity contribution in [2.24, 2.45) is 0 Å². The van der Waals surface area contributed by atoms with Gasteiger partial charge in [0.2, 0.25) is 0 Å². The van der Waals surface area contributed by atoms with Crippen LogP contribution in [0.25, 0.3) is 5.65 Å². The standard InChI is InChI=1S/C20H23N5O2/c1-14-10-19-22-18(11-15(2)25(19)23-14)20(26)24-9-5-7-17(12-24)27-13-16-6-3-4-8-21-16/h3-4,6,8,10-11,17H,5,7,9,12-13H2,1-2H3. The minimum Gasteiger partial charge on any atom is -0.370 e.